The summed E-state index contributed by atoms with van der Waals surface area (Å²) in [5.74, 6) is -0.366. The molecule has 1 N–H and O–H groups in total. The number of carbonyl (C=O) groups is 1. The average molecular weight is 376 g/mol. The van der Waals surface area contributed by atoms with Crippen molar-refractivity contribution in [2.24, 2.45) is 0 Å². The SMILES string of the molecule is O=C(Cn1cc(Br)ccc1=O)Nc1cccc(Cl)c1Cl. The Hall–Kier alpha value is -1.30. The fourth-order valence-corrected chi connectivity index (χ4v) is 2.30. The minimum Gasteiger partial charge on any atom is -0.323 e. The van der Waals surface area contributed by atoms with Gasteiger partial charge in [0.05, 0.1) is 15.7 Å². The van der Waals surface area contributed by atoms with Gasteiger partial charge in [0, 0.05) is 16.7 Å². The third-order valence-corrected chi connectivity index (χ3v) is 3.77. The maximum atomic E-state index is 11.9. The summed E-state index contributed by atoms with van der Waals surface area (Å²) >= 11 is 15.1. The van der Waals surface area contributed by atoms with Crippen molar-refractivity contribution in [2.45, 2.75) is 6.54 Å². The van der Waals surface area contributed by atoms with Crippen LogP contribution in [0.4, 0.5) is 5.69 Å². The number of hydrogen-bond acceptors (Lipinski definition) is 2. The molecule has 0 atom stereocenters. The van der Waals surface area contributed by atoms with Crippen LogP contribution in [0.2, 0.25) is 10.0 Å². The zero-order valence-electron chi connectivity index (χ0n) is 10.1. The molecule has 0 bridgehead atoms. The monoisotopic (exact) mass is 374 g/mol. The Labute approximate surface area is 133 Å². The van der Waals surface area contributed by atoms with E-state index in [1.54, 1.807) is 30.5 Å². The molecule has 0 aliphatic carbocycles. The first kappa shape index (κ1) is 15.1. The van der Waals surface area contributed by atoms with Crippen molar-refractivity contribution in [1.29, 1.82) is 0 Å². The van der Waals surface area contributed by atoms with Crippen molar-refractivity contribution < 1.29 is 4.79 Å². The first-order valence-electron chi connectivity index (χ1n) is 5.57. The molecule has 1 aromatic carbocycles. The Bertz CT molecular complexity index is 716. The molecule has 0 fully saturated rings. The molecule has 20 heavy (non-hydrogen) atoms. The van der Waals surface area contributed by atoms with E-state index in [-0.39, 0.29) is 23.0 Å². The number of benzene rings is 1. The predicted molar refractivity (Wildman–Crippen MR) is 83.5 cm³/mol. The first-order valence-corrected chi connectivity index (χ1v) is 7.12. The Morgan fingerprint density at radius 2 is 2.00 bits per heavy atom. The van der Waals surface area contributed by atoms with E-state index in [9.17, 15) is 9.59 Å². The third kappa shape index (κ3) is 3.62. The maximum Gasteiger partial charge on any atom is 0.251 e. The van der Waals surface area contributed by atoms with Gasteiger partial charge in [-0.2, -0.15) is 0 Å². The molecule has 2 rings (SSSR count). The second kappa shape index (κ2) is 6.43. The average Bonchev–Trinajstić information content (AvgIpc) is 2.39. The van der Waals surface area contributed by atoms with Gasteiger partial charge in [0.1, 0.15) is 6.54 Å². The van der Waals surface area contributed by atoms with Gasteiger partial charge in [-0.15, -0.1) is 0 Å². The lowest BCUT2D eigenvalue weighted by Gasteiger charge is -2.09. The molecule has 0 spiro atoms. The summed E-state index contributed by atoms with van der Waals surface area (Å²) in [6, 6.07) is 7.93. The van der Waals surface area contributed by atoms with Crippen LogP contribution in [0, 0.1) is 0 Å². The molecule has 2 aromatic rings. The number of amides is 1. The van der Waals surface area contributed by atoms with Gasteiger partial charge < -0.3 is 9.88 Å². The second-order valence-corrected chi connectivity index (χ2v) is 5.66. The fraction of sp³-hybridized carbons (Fsp3) is 0.0769. The molecule has 0 aliphatic rings. The lowest BCUT2D eigenvalue weighted by molar-refractivity contribution is -0.116. The van der Waals surface area contributed by atoms with Gasteiger partial charge in [0.2, 0.25) is 5.91 Å². The molecule has 7 heteroatoms. The van der Waals surface area contributed by atoms with Gasteiger partial charge in [-0.25, -0.2) is 0 Å². The summed E-state index contributed by atoms with van der Waals surface area (Å²) in [5, 5.41) is 3.23. The fourth-order valence-electron chi connectivity index (χ4n) is 1.57. The van der Waals surface area contributed by atoms with E-state index in [1.807, 2.05) is 0 Å². The van der Waals surface area contributed by atoms with Gasteiger partial charge >= 0.3 is 0 Å². The zero-order chi connectivity index (χ0) is 14.7. The number of aromatic nitrogens is 1. The van der Waals surface area contributed by atoms with Gasteiger partial charge in [-0.3, -0.25) is 9.59 Å². The molecular weight excluding hydrogens is 367 g/mol. The van der Waals surface area contributed by atoms with Gasteiger partial charge in [0.15, 0.2) is 0 Å². The van der Waals surface area contributed by atoms with Crippen LogP contribution in [0.5, 0.6) is 0 Å². The molecule has 1 amide bonds. The minimum absolute atomic E-state index is 0.110. The van der Waals surface area contributed by atoms with Crippen molar-refractivity contribution in [3.63, 3.8) is 0 Å². The Morgan fingerprint density at radius 3 is 2.75 bits per heavy atom. The van der Waals surface area contributed by atoms with Crippen LogP contribution in [-0.4, -0.2) is 10.5 Å². The van der Waals surface area contributed by atoms with Crippen molar-refractivity contribution in [3.05, 3.63) is 61.4 Å². The molecule has 0 saturated carbocycles. The van der Waals surface area contributed by atoms with E-state index in [2.05, 4.69) is 21.2 Å². The summed E-state index contributed by atoms with van der Waals surface area (Å²) in [6.45, 7) is -0.110. The summed E-state index contributed by atoms with van der Waals surface area (Å²) in [4.78, 5) is 23.5. The molecule has 0 saturated heterocycles. The summed E-state index contributed by atoms with van der Waals surface area (Å²) in [6.07, 6.45) is 1.54. The molecule has 1 heterocycles. The van der Waals surface area contributed by atoms with Crippen molar-refractivity contribution >= 4 is 50.7 Å². The molecule has 1 aromatic heterocycles. The molecule has 4 nitrogen and oxygen atoms in total. The van der Waals surface area contributed by atoms with E-state index in [4.69, 9.17) is 23.2 Å². The minimum atomic E-state index is -0.366. The highest BCUT2D eigenvalue weighted by atomic mass is 79.9. The molecule has 0 radical (unpaired) electrons. The standard InChI is InChI=1S/C13H9BrCl2N2O2/c14-8-4-5-12(20)18(6-8)7-11(19)17-10-3-1-2-9(15)13(10)16/h1-6H,7H2,(H,17,19). The normalized spacial score (nSPS) is 10.3. The van der Waals surface area contributed by atoms with Crippen LogP contribution in [-0.2, 0) is 11.3 Å². The largest absolute Gasteiger partial charge is 0.323 e. The highest BCUT2D eigenvalue weighted by Crippen LogP contribution is 2.29. The van der Waals surface area contributed by atoms with E-state index in [0.29, 0.717) is 15.2 Å². The quantitative estimate of drug-likeness (QED) is 0.891. The number of nitrogens with zero attached hydrogens (tertiary/aromatic N) is 1. The number of halogens is 3. The highest BCUT2D eigenvalue weighted by molar-refractivity contribution is 9.10. The van der Waals surface area contributed by atoms with E-state index in [1.165, 1.54) is 10.6 Å². The summed E-state index contributed by atoms with van der Waals surface area (Å²) in [7, 11) is 0. The summed E-state index contributed by atoms with van der Waals surface area (Å²) in [5.41, 5.74) is 0.146. The number of hydrogen-bond donors (Lipinski definition) is 1. The smallest absolute Gasteiger partial charge is 0.251 e. The van der Waals surface area contributed by atoms with Crippen LogP contribution < -0.4 is 10.9 Å². The number of carbonyl (C=O) groups excluding carboxylic acids is 1. The second-order valence-electron chi connectivity index (χ2n) is 3.96. The van der Waals surface area contributed by atoms with Gasteiger partial charge in [0.25, 0.3) is 5.56 Å². The number of nitrogens with one attached hydrogen (secondary N) is 1. The predicted octanol–water partition coefficient (Wildman–Crippen LogP) is 3.56. The number of anilines is 1. The zero-order valence-corrected chi connectivity index (χ0v) is 13.2. The first-order chi connectivity index (χ1) is 9.47. The van der Waals surface area contributed by atoms with E-state index < -0.39 is 0 Å². The highest BCUT2D eigenvalue weighted by Gasteiger charge is 2.09. The molecule has 0 unspecified atom stereocenters. The van der Waals surface area contributed by atoms with E-state index in [0.717, 1.165) is 0 Å². The lowest BCUT2D eigenvalue weighted by atomic mass is 10.3. The number of pyridine rings is 1. The van der Waals surface area contributed by atoms with Crippen molar-refractivity contribution in [3.8, 4) is 0 Å². The van der Waals surface area contributed by atoms with Gasteiger partial charge in [-0.1, -0.05) is 29.3 Å². The molecular formula is C13H9BrCl2N2O2. The van der Waals surface area contributed by atoms with Crippen LogP contribution in [0.25, 0.3) is 0 Å². The van der Waals surface area contributed by atoms with E-state index >= 15 is 0 Å². The van der Waals surface area contributed by atoms with Crippen LogP contribution in [0.15, 0.2) is 45.8 Å². The van der Waals surface area contributed by atoms with Crippen LogP contribution in [0.1, 0.15) is 0 Å². The Kier molecular flexibility index (Phi) is 4.86. The van der Waals surface area contributed by atoms with Crippen LogP contribution in [0.3, 0.4) is 0 Å². The topological polar surface area (TPSA) is 51.1 Å². The molecule has 0 aliphatic heterocycles. The number of rotatable bonds is 3. The Morgan fingerprint density at radius 1 is 1.25 bits per heavy atom. The van der Waals surface area contributed by atoms with Gasteiger partial charge in [-0.05, 0) is 34.1 Å². The molecule has 104 valence electrons. The third-order valence-electron chi connectivity index (χ3n) is 2.49. The lowest BCUT2D eigenvalue weighted by Crippen LogP contribution is -2.26. The summed E-state index contributed by atoms with van der Waals surface area (Å²) < 4.78 is 2.00. The van der Waals surface area contributed by atoms with Crippen molar-refractivity contribution in [2.75, 3.05) is 5.32 Å². The van der Waals surface area contributed by atoms with Crippen LogP contribution >= 0.6 is 39.1 Å². The Balaban J connectivity index is 2.15. The maximum absolute atomic E-state index is 11.9. The van der Waals surface area contributed by atoms with Crippen molar-refractivity contribution in [1.82, 2.24) is 4.57 Å².